The Kier molecular flexibility index (Phi) is 4.94. The first-order valence-corrected chi connectivity index (χ1v) is 10.5. The molecule has 0 radical (unpaired) electrons. The van der Waals surface area contributed by atoms with E-state index in [2.05, 4.69) is 16.9 Å². The third-order valence-corrected chi connectivity index (χ3v) is 5.95. The molecule has 1 aliphatic carbocycles. The molecule has 0 N–H and O–H groups in total. The molecule has 1 aliphatic rings. The number of ether oxygens (including phenoxy) is 1. The fourth-order valence-electron chi connectivity index (χ4n) is 4.38. The summed E-state index contributed by atoms with van der Waals surface area (Å²) in [7, 11) is 0. The van der Waals surface area contributed by atoms with E-state index in [1.165, 1.54) is 0 Å². The Morgan fingerprint density at radius 3 is 2.77 bits per heavy atom. The largest absolute Gasteiger partial charge is 0.485 e. The van der Waals surface area contributed by atoms with Gasteiger partial charge in [-0.3, -0.25) is 14.8 Å². The summed E-state index contributed by atoms with van der Waals surface area (Å²) < 4.78 is 6.06. The fourth-order valence-corrected chi connectivity index (χ4v) is 4.38. The van der Waals surface area contributed by atoms with Gasteiger partial charge >= 0.3 is 0 Å². The summed E-state index contributed by atoms with van der Waals surface area (Å²) in [6.07, 6.45) is 4.27. The van der Waals surface area contributed by atoms with Crippen molar-refractivity contribution in [2.24, 2.45) is 5.92 Å². The number of benzene rings is 1. The summed E-state index contributed by atoms with van der Waals surface area (Å²) in [5, 5.41) is 1.10. The summed E-state index contributed by atoms with van der Waals surface area (Å²) in [4.78, 5) is 27.0. The molecule has 5 rings (SSSR count). The molecule has 154 valence electrons. The summed E-state index contributed by atoms with van der Waals surface area (Å²) in [5.41, 5.74) is 5.02. The second-order valence-corrected chi connectivity index (χ2v) is 8.16. The number of nitrogens with zero attached hydrogens (tertiary/aromatic N) is 3. The molecule has 0 aliphatic heterocycles. The van der Waals surface area contributed by atoms with Gasteiger partial charge in [-0.2, -0.15) is 0 Å². The van der Waals surface area contributed by atoms with Gasteiger partial charge in [0.1, 0.15) is 12.4 Å². The van der Waals surface area contributed by atoms with Crippen LogP contribution in [-0.2, 0) is 13.0 Å². The van der Waals surface area contributed by atoms with E-state index in [-0.39, 0.29) is 17.6 Å². The second-order valence-electron chi connectivity index (χ2n) is 8.16. The number of hydrogen-bond donors (Lipinski definition) is 0. The molecule has 5 nitrogen and oxygen atoms in total. The first-order valence-electron chi connectivity index (χ1n) is 10.5. The van der Waals surface area contributed by atoms with Crippen LogP contribution in [0.2, 0.25) is 0 Å². The van der Waals surface area contributed by atoms with Crippen molar-refractivity contribution in [2.45, 2.75) is 32.8 Å². The van der Waals surface area contributed by atoms with E-state index in [1.807, 2.05) is 61.5 Å². The van der Waals surface area contributed by atoms with E-state index in [4.69, 9.17) is 9.72 Å². The number of rotatable bonds is 4. The molecule has 2 atom stereocenters. The van der Waals surface area contributed by atoms with Gasteiger partial charge in [0.25, 0.3) is 0 Å². The summed E-state index contributed by atoms with van der Waals surface area (Å²) >= 11 is 0. The zero-order valence-corrected chi connectivity index (χ0v) is 17.6. The van der Waals surface area contributed by atoms with Gasteiger partial charge in [0.15, 0.2) is 5.78 Å². The third kappa shape index (κ3) is 3.67. The lowest BCUT2D eigenvalue weighted by atomic mass is 9.74. The number of Topliss-reactive ketones (excluding diaryl/α,β-unsaturated/α-hetero) is 1. The van der Waals surface area contributed by atoms with Gasteiger partial charge < -0.3 is 4.74 Å². The van der Waals surface area contributed by atoms with Crippen LogP contribution in [-0.4, -0.2) is 20.7 Å². The minimum Gasteiger partial charge on any atom is -0.485 e. The molecule has 0 amide bonds. The Morgan fingerprint density at radius 2 is 1.94 bits per heavy atom. The smallest absolute Gasteiger partial charge is 0.172 e. The zero-order chi connectivity index (χ0) is 21.4. The van der Waals surface area contributed by atoms with Crippen LogP contribution in [0.5, 0.6) is 5.75 Å². The van der Waals surface area contributed by atoms with Crippen LogP contribution < -0.4 is 4.74 Å². The molecule has 0 unspecified atom stereocenters. The van der Waals surface area contributed by atoms with E-state index < -0.39 is 0 Å². The zero-order valence-electron chi connectivity index (χ0n) is 17.6. The summed E-state index contributed by atoms with van der Waals surface area (Å²) in [6, 6.07) is 17.7. The SMILES string of the molecule is Cc1nc2c(cc1OCc1ccc3ccccc3n1)C(=O)[C@@H](c1cccnc1)[C@H](C)C2. The molecular weight excluding hydrogens is 386 g/mol. The van der Waals surface area contributed by atoms with E-state index in [1.54, 1.807) is 12.4 Å². The maximum Gasteiger partial charge on any atom is 0.172 e. The number of carbonyl (C=O) groups is 1. The van der Waals surface area contributed by atoms with Gasteiger partial charge in [0.05, 0.1) is 28.5 Å². The molecule has 0 saturated carbocycles. The minimum absolute atomic E-state index is 0.0860. The molecule has 1 aromatic carbocycles. The number of para-hydroxylation sites is 1. The fraction of sp³-hybridized carbons (Fsp3) is 0.231. The second kappa shape index (κ2) is 7.91. The van der Waals surface area contributed by atoms with Crippen molar-refractivity contribution in [3.63, 3.8) is 0 Å². The van der Waals surface area contributed by atoms with Crippen molar-refractivity contribution in [3.8, 4) is 5.75 Å². The van der Waals surface area contributed by atoms with Crippen LogP contribution in [0.25, 0.3) is 10.9 Å². The monoisotopic (exact) mass is 409 g/mol. The normalized spacial score (nSPS) is 18.1. The number of ketones is 1. The molecule has 0 spiro atoms. The quantitative estimate of drug-likeness (QED) is 0.471. The maximum atomic E-state index is 13.4. The predicted molar refractivity (Wildman–Crippen MR) is 119 cm³/mol. The van der Waals surface area contributed by atoms with Crippen LogP contribution in [0.3, 0.4) is 0 Å². The van der Waals surface area contributed by atoms with Gasteiger partial charge in [-0.1, -0.05) is 37.3 Å². The highest BCUT2D eigenvalue weighted by Gasteiger charge is 2.35. The minimum atomic E-state index is -0.208. The third-order valence-electron chi connectivity index (χ3n) is 5.95. The molecular formula is C26H23N3O2. The molecule has 0 saturated heterocycles. The Morgan fingerprint density at radius 1 is 1.06 bits per heavy atom. The van der Waals surface area contributed by atoms with Gasteiger partial charge in [-0.05, 0) is 49.1 Å². The number of aromatic nitrogens is 3. The van der Waals surface area contributed by atoms with Crippen LogP contribution >= 0.6 is 0 Å². The first-order chi connectivity index (χ1) is 15.1. The van der Waals surface area contributed by atoms with E-state index in [0.29, 0.717) is 17.9 Å². The summed E-state index contributed by atoms with van der Waals surface area (Å²) in [6.45, 7) is 4.35. The highest BCUT2D eigenvalue weighted by Crippen LogP contribution is 2.37. The molecule has 31 heavy (non-hydrogen) atoms. The van der Waals surface area contributed by atoms with Gasteiger partial charge in [0.2, 0.25) is 0 Å². The van der Waals surface area contributed by atoms with Crippen LogP contribution in [0, 0.1) is 12.8 Å². The van der Waals surface area contributed by atoms with Crippen molar-refractivity contribution < 1.29 is 9.53 Å². The van der Waals surface area contributed by atoms with Crippen LogP contribution in [0.1, 0.15) is 45.8 Å². The van der Waals surface area contributed by atoms with Gasteiger partial charge in [0, 0.05) is 23.3 Å². The molecule has 3 aromatic heterocycles. The Hall–Kier alpha value is -3.60. The average molecular weight is 409 g/mol. The lowest BCUT2D eigenvalue weighted by molar-refractivity contribution is 0.0917. The van der Waals surface area contributed by atoms with Crippen molar-refractivity contribution in [3.05, 3.63) is 95.2 Å². The lowest BCUT2D eigenvalue weighted by Gasteiger charge is -2.29. The van der Waals surface area contributed by atoms with Crippen LogP contribution in [0.15, 0.2) is 67.0 Å². The number of fused-ring (bicyclic) bond motifs is 2. The highest BCUT2D eigenvalue weighted by molar-refractivity contribution is 6.03. The number of aryl methyl sites for hydroxylation is 1. The molecule has 0 fully saturated rings. The van der Waals surface area contributed by atoms with E-state index >= 15 is 0 Å². The Bertz CT molecular complexity index is 1270. The molecule has 3 heterocycles. The topological polar surface area (TPSA) is 65.0 Å². The Labute approximate surface area is 181 Å². The average Bonchev–Trinajstić information content (AvgIpc) is 2.78. The van der Waals surface area contributed by atoms with Gasteiger partial charge in [-0.25, -0.2) is 4.98 Å². The van der Waals surface area contributed by atoms with Crippen LogP contribution in [0.4, 0.5) is 0 Å². The molecule has 4 aromatic rings. The van der Waals surface area contributed by atoms with Crippen molar-refractivity contribution in [1.82, 2.24) is 15.0 Å². The number of pyridine rings is 3. The predicted octanol–water partition coefficient (Wildman–Crippen LogP) is 5.07. The summed E-state index contributed by atoms with van der Waals surface area (Å²) in [5.74, 6) is 0.676. The number of hydrogen-bond acceptors (Lipinski definition) is 5. The standard InChI is InChI=1S/C26H23N3O2/c1-16-12-23-21(26(30)25(16)19-7-5-11-27-14-19)13-24(17(2)28-23)31-15-20-10-9-18-6-3-4-8-22(18)29-20/h3-11,13-14,16,25H,12,15H2,1-2H3/t16-,25-/m1/s1. The van der Waals surface area contributed by atoms with Crippen molar-refractivity contribution in [1.29, 1.82) is 0 Å². The molecule has 5 heteroatoms. The lowest BCUT2D eigenvalue weighted by Crippen LogP contribution is -2.29. The Balaban J connectivity index is 1.42. The maximum absolute atomic E-state index is 13.4. The van der Waals surface area contributed by atoms with E-state index in [0.717, 1.165) is 40.0 Å². The van der Waals surface area contributed by atoms with E-state index in [9.17, 15) is 4.79 Å². The molecule has 0 bridgehead atoms. The first kappa shape index (κ1) is 19.4. The van der Waals surface area contributed by atoms with Crippen molar-refractivity contribution >= 4 is 16.7 Å². The highest BCUT2D eigenvalue weighted by atomic mass is 16.5. The number of carbonyl (C=O) groups excluding carboxylic acids is 1. The van der Waals surface area contributed by atoms with Crippen molar-refractivity contribution in [2.75, 3.05) is 0 Å². The van der Waals surface area contributed by atoms with Gasteiger partial charge in [-0.15, -0.1) is 0 Å².